The van der Waals surface area contributed by atoms with Crippen LogP contribution in [-0.2, 0) is 6.54 Å². The number of nitrogens with zero attached hydrogens (tertiary/aromatic N) is 1. The Kier molecular flexibility index (Phi) is 5.88. The van der Waals surface area contributed by atoms with Crippen LogP contribution in [0.3, 0.4) is 0 Å². The van der Waals surface area contributed by atoms with E-state index in [0.29, 0.717) is 0 Å². The monoisotopic (exact) mass is 443 g/mol. The second kappa shape index (κ2) is 9.12. The van der Waals surface area contributed by atoms with Crippen LogP contribution < -0.4 is 9.47 Å². The summed E-state index contributed by atoms with van der Waals surface area (Å²) in [6.45, 7) is 2.61. The van der Waals surface area contributed by atoms with Gasteiger partial charge in [-0.1, -0.05) is 30.3 Å². The minimum atomic E-state index is -0.200. The van der Waals surface area contributed by atoms with Crippen molar-refractivity contribution in [2.45, 2.75) is 13.0 Å². The summed E-state index contributed by atoms with van der Waals surface area (Å²) < 4.78 is 30.6. The number of hydrogen-bond donors (Lipinski definition) is 0. The number of rotatable bonds is 6. The van der Waals surface area contributed by atoms with Crippen molar-refractivity contribution < 1.29 is 18.3 Å². The van der Waals surface area contributed by atoms with Crippen LogP contribution in [0, 0.1) is 5.82 Å². The van der Waals surface area contributed by atoms with E-state index < -0.39 is 0 Å². The van der Waals surface area contributed by atoms with Crippen molar-refractivity contribution in [1.82, 2.24) is 4.90 Å². The number of para-hydroxylation sites is 1. The normalized spacial score (nSPS) is 14.3. The maximum atomic E-state index is 13.2. The molecule has 168 valence electrons. The van der Waals surface area contributed by atoms with Crippen molar-refractivity contribution in [3.05, 3.63) is 89.8 Å². The number of methoxy groups -OCH3 is 2. The molecular weight excluding hydrogens is 417 g/mol. The van der Waals surface area contributed by atoms with Gasteiger partial charge < -0.3 is 13.9 Å². The van der Waals surface area contributed by atoms with Crippen LogP contribution in [0.2, 0.25) is 0 Å². The lowest BCUT2D eigenvalue weighted by Gasteiger charge is -2.26. The molecule has 0 unspecified atom stereocenters. The highest BCUT2D eigenvalue weighted by molar-refractivity contribution is 5.89. The Hall–Kier alpha value is -3.57. The zero-order valence-corrected chi connectivity index (χ0v) is 18.8. The van der Waals surface area contributed by atoms with Crippen LogP contribution >= 0.6 is 0 Å². The molecule has 4 nitrogen and oxygen atoms in total. The largest absolute Gasteiger partial charge is 0.496 e. The van der Waals surface area contributed by atoms with Crippen LogP contribution in [-0.4, -0.2) is 32.2 Å². The highest BCUT2D eigenvalue weighted by Crippen LogP contribution is 2.38. The summed E-state index contributed by atoms with van der Waals surface area (Å²) >= 11 is 0. The Bertz CT molecular complexity index is 1310. The van der Waals surface area contributed by atoms with E-state index in [9.17, 15) is 4.39 Å². The molecule has 5 rings (SSSR count). The maximum Gasteiger partial charge on any atom is 0.176 e. The van der Waals surface area contributed by atoms with E-state index in [1.807, 2.05) is 42.5 Å². The standard InChI is InChI=1S/C28H26FNO3/c1-31-25-6-4-3-5-24(25)26-17-22-15-19(16-27(32-2)28(22)33-26)18-30-13-11-21(12-14-30)20-7-9-23(29)10-8-20/h3-11,15-17H,12-14,18H2,1-2H3. The molecule has 0 saturated carbocycles. The second-order valence-corrected chi connectivity index (χ2v) is 8.25. The van der Waals surface area contributed by atoms with Gasteiger partial charge >= 0.3 is 0 Å². The fourth-order valence-corrected chi connectivity index (χ4v) is 4.44. The van der Waals surface area contributed by atoms with Gasteiger partial charge in [0.15, 0.2) is 11.3 Å². The Morgan fingerprint density at radius 2 is 1.73 bits per heavy atom. The first kappa shape index (κ1) is 21.3. The molecule has 0 fully saturated rings. The zero-order valence-electron chi connectivity index (χ0n) is 18.8. The number of ether oxygens (including phenoxy) is 2. The highest BCUT2D eigenvalue weighted by atomic mass is 19.1. The molecule has 0 radical (unpaired) electrons. The molecule has 2 heterocycles. The number of hydrogen-bond acceptors (Lipinski definition) is 4. The summed E-state index contributed by atoms with van der Waals surface area (Å²) in [5, 5.41) is 1.00. The van der Waals surface area contributed by atoms with Gasteiger partial charge in [-0.2, -0.15) is 0 Å². The van der Waals surface area contributed by atoms with Crippen molar-refractivity contribution >= 4 is 16.5 Å². The van der Waals surface area contributed by atoms with E-state index in [0.717, 1.165) is 65.4 Å². The SMILES string of the molecule is COc1ccccc1-c1cc2cc(CN3CC=C(c4ccc(F)cc4)CC3)cc(OC)c2o1. The van der Waals surface area contributed by atoms with E-state index >= 15 is 0 Å². The van der Waals surface area contributed by atoms with E-state index in [1.165, 1.54) is 23.3 Å². The van der Waals surface area contributed by atoms with Crippen molar-refractivity contribution in [1.29, 1.82) is 0 Å². The minimum absolute atomic E-state index is 0.200. The smallest absolute Gasteiger partial charge is 0.176 e. The van der Waals surface area contributed by atoms with Crippen LogP contribution in [0.4, 0.5) is 4.39 Å². The molecule has 33 heavy (non-hydrogen) atoms. The second-order valence-electron chi connectivity index (χ2n) is 8.25. The third-order valence-corrected chi connectivity index (χ3v) is 6.15. The molecule has 0 spiro atoms. The maximum absolute atomic E-state index is 13.2. The number of halogens is 1. The van der Waals surface area contributed by atoms with Crippen LogP contribution in [0.25, 0.3) is 27.9 Å². The van der Waals surface area contributed by atoms with Gasteiger partial charge in [-0.15, -0.1) is 0 Å². The van der Waals surface area contributed by atoms with Crippen molar-refractivity contribution in [3.63, 3.8) is 0 Å². The predicted octanol–water partition coefficient (Wildman–Crippen LogP) is 6.55. The molecule has 4 aromatic rings. The van der Waals surface area contributed by atoms with Crippen LogP contribution in [0.1, 0.15) is 17.5 Å². The number of furan rings is 1. The molecule has 0 bridgehead atoms. The molecule has 0 aliphatic carbocycles. The summed E-state index contributed by atoms with van der Waals surface area (Å²) in [7, 11) is 3.33. The Balaban J connectivity index is 1.38. The van der Waals surface area contributed by atoms with Gasteiger partial charge in [-0.3, -0.25) is 4.90 Å². The lowest BCUT2D eigenvalue weighted by atomic mass is 9.99. The molecule has 5 heteroatoms. The van der Waals surface area contributed by atoms with Crippen molar-refractivity contribution in [3.8, 4) is 22.8 Å². The molecule has 1 aliphatic heterocycles. The van der Waals surface area contributed by atoms with Gasteiger partial charge in [0, 0.05) is 25.0 Å². The Morgan fingerprint density at radius 1 is 0.939 bits per heavy atom. The first-order chi connectivity index (χ1) is 16.1. The molecule has 0 N–H and O–H groups in total. The third kappa shape index (κ3) is 4.37. The lowest BCUT2D eigenvalue weighted by Crippen LogP contribution is -2.28. The first-order valence-electron chi connectivity index (χ1n) is 11.1. The molecular formula is C28H26FNO3. The summed E-state index contributed by atoms with van der Waals surface area (Å²) in [6.07, 6.45) is 3.18. The van der Waals surface area contributed by atoms with Gasteiger partial charge in [0.25, 0.3) is 0 Å². The van der Waals surface area contributed by atoms with Crippen LogP contribution in [0.5, 0.6) is 11.5 Å². The third-order valence-electron chi connectivity index (χ3n) is 6.15. The Morgan fingerprint density at radius 3 is 2.45 bits per heavy atom. The highest BCUT2D eigenvalue weighted by Gasteiger charge is 2.18. The fraction of sp³-hybridized carbons (Fsp3) is 0.214. The Labute approximate surface area is 192 Å². The summed E-state index contributed by atoms with van der Waals surface area (Å²) in [6, 6.07) is 20.8. The number of benzene rings is 3. The van der Waals surface area contributed by atoms with Crippen LogP contribution in [0.15, 0.2) is 77.2 Å². The summed E-state index contributed by atoms with van der Waals surface area (Å²) in [5.41, 5.74) is 5.19. The van der Waals surface area contributed by atoms with Gasteiger partial charge in [0.2, 0.25) is 0 Å². The molecule has 3 aromatic carbocycles. The first-order valence-corrected chi connectivity index (χ1v) is 11.1. The van der Waals surface area contributed by atoms with E-state index in [-0.39, 0.29) is 5.82 Å². The number of fused-ring (bicyclic) bond motifs is 1. The van der Waals surface area contributed by atoms with Gasteiger partial charge in [-0.25, -0.2) is 4.39 Å². The summed E-state index contributed by atoms with van der Waals surface area (Å²) in [5.74, 6) is 2.05. The molecule has 0 amide bonds. The van der Waals surface area contributed by atoms with Gasteiger partial charge in [0.1, 0.15) is 17.3 Å². The quantitative estimate of drug-likeness (QED) is 0.339. The molecule has 1 aromatic heterocycles. The van der Waals surface area contributed by atoms with Gasteiger partial charge in [0.05, 0.1) is 19.8 Å². The average molecular weight is 444 g/mol. The molecule has 1 aliphatic rings. The van der Waals surface area contributed by atoms with Crippen molar-refractivity contribution in [2.75, 3.05) is 27.3 Å². The lowest BCUT2D eigenvalue weighted by molar-refractivity contribution is 0.293. The molecule has 0 saturated heterocycles. The molecule has 0 atom stereocenters. The predicted molar refractivity (Wildman–Crippen MR) is 129 cm³/mol. The fourth-order valence-electron chi connectivity index (χ4n) is 4.44. The zero-order chi connectivity index (χ0) is 22.8. The minimum Gasteiger partial charge on any atom is -0.496 e. The average Bonchev–Trinajstić information content (AvgIpc) is 3.28. The topological polar surface area (TPSA) is 34.8 Å². The van der Waals surface area contributed by atoms with Crippen molar-refractivity contribution in [2.24, 2.45) is 0 Å². The van der Waals surface area contributed by atoms with E-state index in [4.69, 9.17) is 13.9 Å². The van der Waals surface area contributed by atoms with E-state index in [1.54, 1.807) is 14.2 Å². The van der Waals surface area contributed by atoms with E-state index in [2.05, 4.69) is 23.1 Å². The summed E-state index contributed by atoms with van der Waals surface area (Å²) in [4.78, 5) is 2.40. The van der Waals surface area contributed by atoms with Gasteiger partial charge in [-0.05, 0) is 65.6 Å².